The fourth-order valence-corrected chi connectivity index (χ4v) is 1.85. The first-order valence-electron chi connectivity index (χ1n) is 5.94. The van der Waals surface area contributed by atoms with Crippen molar-refractivity contribution in [1.29, 1.82) is 0 Å². The number of β-amino-alcohol motifs (C(OH)–C–C–N with tert-alkyl or cyclic N) is 1. The van der Waals surface area contributed by atoms with Crippen LogP contribution in [0, 0.1) is 0 Å². The summed E-state index contributed by atoms with van der Waals surface area (Å²) in [5, 5.41) is 14.5. The molecule has 1 atom stereocenters. The van der Waals surface area contributed by atoms with Crippen LogP contribution in [0.15, 0.2) is 0 Å². The highest BCUT2D eigenvalue weighted by Gasteiger charge is 2.32. The monoisotopic (exact) mass is 259 g/mol. The lowest BCUT2D eigenvalue weighted by atomic mass is 10.1. The van der Waals surface area contributed by atoms with E-state index in [0.29, 0.717) is 32.7 Å². The van der Waals surface area contributed by atoms with Gasteiger partial charge in [-0.25, -0.2) is 4.79 Å². The highest BCUT2D eigenvalue weighted by Crippen LogP contribution is 2.19. The number of likely N-dealkylation sites (tertiary alicyclic amines) is 1. The predicted molar refractivity (Wildman–Crippen MR) is 65.1 cm³/mol. The van der Waals surface area contributed by atoms with Crippen LogP contribution in [0.25, 0.3) is 0 Å². The van der Waals surface area contributed by atoms with E-state index in [1.54, 1.807) is 6.92 Å². The number of methoxy groups -OCH3 is 1. The van der Waals surface area contributed by atoms with Gasteiger partial charge in [-0.2, -0.15) is 0 Å². The van der Waals surface area contributed by atoms with Crippen molar-refractivity contribution in [3.63, 3.8) is 0 Å². The molecule has 1 rings (SSSR count). The summed E-state index contributed by atoms with van der Waals surface area (Å²) in [4.78, 5) is 24.6. The quantitative estimate of drug-likeness (QED) is 0.546. The fraction of sp³-hybridized carbons (Fsp3) is 0.818. The SMILES string of the molecule is COCCNC(=O)NC(=O)CN1CCC(C)(O)C1. The third-order valence-electron chi connectivity index (χ3n) is 2.74. The summed E-state index contributed by atoms with van der Waals surface area (Å²) < 4.78 is 4.76. The Balaban J connectivity index is 2.19. The summed E-state index contributed by atoms with van der Waals surface area (Å²) in [5.74, 6) is -0.373. The zero-order valence-corrected chi connectivity index (χ0v) is 10.9. The molecule has 1 aliphatic heterocycles. The van der Waals surface area contributed by atoms with Crippen LogP contribution in [-0.4, -0.2) is 67.4 Å². The Morgan fingerprint density at radius 1 is 1.50 bits per heavy atom. The number of carbonyl (C=O) groups is 2. The van der Waals surface area contributed by atoms with Gasteiger partial charge in [-0.15, -0.1) is 0 Å². The van der Waals surface area contributed by atoms with Crippen molar-refractivity contribution in [3.05, 3.63) is 0 Å². The molecule has 7 nitrogen and oxygen atoms in total. The topological polar surface area (TPSA) is 90.9 Å². The molecule has 0 aromatic carbocycles. The number of rotatable bonds is 5. The van der Waals surface area contributed by atoms with Crippen LogP contribution in [0.1, 0.15) is 13.3 Å². The molecule has 7 heteroatoms. The van der Waals surface area contributed by atoms with Crippen molar-refractivity contribution < 1.29 is 19.4 Å². The molecule has 0 saturated carbocycles. The van der Waals surface area contributed by atoms with E-state index in [9.17, 15) is 14.7 Å². The molecular weight excluding hydrogens is 238 g/mol. The number of nitrogens with one attached hydrogen (secondary N) is 2. The van der Waals surface area contributed by atoms with Gasteiger partial charge in [0.1, 0.15) is 0 Å². The predicted octanol–water partition coefficient (Wildman–Crippen LogP) is -1.08. The molecule has 3 amide bonds. The lowest BCUT2D eigenvalue weighted by Gasteiger charge is -2.18. The summed E-state index contributed by atoms with van der Waals surface area (Å²) >= 11 is 0. The molecule has 0 aromatic rings. The van der Waals surface area contributed by atoms with E-state index < -0.39 is 11.6 Å². The highest BCUT2D eigenvalue weighted by atomic mass is 16.5. The number of carbonyl (C=O) groups excluding carboxylic acids is 2. The van der Waals surface area contributed by atoms with Crippen LogP contribution in [0.5, 0.6) is 0 Å². The van der Waals surface area contributed by atoms with Crippen molar-refractivity contribution in [1.82, 2.24) is 15.5 Å². The number of ether oxygens (including phenoxy) is 1. The van der Waals surface area contributed by atoms with E-state index in [1.807, 2.05) is 4.90 Å². The number of urea groups is 1. The first kappa shape index (κ1) is 14.9. The Kier molecular flexibility index (Phi) is 5.52. The third kappa shape index (κ3) is 5.44. The highest BCUT2D eigenvalue weighted by molar-refractivity contribution is 5.95. The third-order valence-corrected chi connectivity index (χ3v) is 2.74. The Hall–Kier alpha value is -1.18. The lowest BCUT2D eigenvalue weighted by Crippen LogP contribution is -2.45. The molecule has 0 bridgehead atoms. The van der Waals surface area contributed by atoms with E-state index in [-0.39, 0.29) is 12.5 Å². The largest absolute Gasteiger partial charge is 0.389 e. The van der Waals surface area contributed by atoms with Gasteiger partial charge in [0.2, 0.25) is 5.91 Å². The smallest absolute Gasteiger partial charge is 0.321 e. The van der Waals surface area contributed by atoms with Crippen LogP contribution in [-0.2, 0) is 9.53 Å². The van der Waals surface area contributed by atoms with Gasteiger partial charge in [-0.1, -0.05) is 0 Å². The second-order valence-corrected chi connectivity index (χ2v) is 4.75. The Morgan fingerprint density at radius 2 is 2.22 bits per heavy atom. The molecule has 1 saturated heterocycles. The number of hydrogen-bond donors (Lipinski definition) is 3. The van der Waals surface area contributed by atoms with Crippen molar-refractivity contribution in [3.8, 4) is 0 Å². The molecule has 0 aliphatic carbocycles. The second-order valence-electron chi connectivity index (χ2n) is 4.75. The minimum Gasteiger partial charge on any atom is -0.389 e. The van der Waals surface area contributed by atoms with Gasteiger partial charge in [0.05, 0.1) is 18.8 Å². The Morgan fingerprint density at radius 3 is 2.78 bits per heavy atom. The van der Waals surface area contributed by atoms with E-state index in [2.05, 4.69) is 10.6 Å². The molecule has 1 aliphatic rings. The van der Waals surface area contributed by atoms with E-state index in [1.165, 1.54) is 7.11 Å². The summed E-state index contributed by atoms with van der Waals surface area (Å²) in [5.41, 5.74) is -0.735. The van der Waals surface area contributed by atoms with E-state index in [4.69, 9.17) is 4.74 Å². The van der Waals surface area contributed by atoms with Crippen LogP contribution in [0.4, 0.5) is 4.79 Å². The zero-order valence-electron chi connectivity index (χ0n) is 10.9. The average molecular weight is 259 g/mol. The molecule has 1 heterocycles. The van der Waals surface area contributed by atoms with Crippen molar-refractivity contribution in [2.75, 3.05) is 39.9 Å². The number of nitrogens with zero attached hydrogens (tertiary/aromatic N) is 1. The summed E-state index contributed by atoms with van der Waals surface area (Å²) in [7, 11) is 1.53. The number of amides is 3. The van der Waals surface area contributed by atoms with Gasteiger partial charge >= 0.3 is 6.03 Å². The summed E-state index contributed by atoms with van der Waals surface area (Å²) in [6, 6.07) is -0.525. The van der Waals surface area contributed by atoms with Gasteiger partial charge in [0.15, 0.2) is 0 Å². The lowest BCUT2D eigenvalue weighted by molar-refractivity contribution is -0.121. The fourth-order valence-electron chi connectivity index (χ4n) is 1.85. The molecular formula is C11H21N3O4. The van der Waals surface area contributed by atoms with E-state index >= 15 is 0 Å². The Bertz CT molecular complexity index is 307. The maximum atomic E-state index is 11.5. The molecule has 0 aromatic heterocycles. The molecule has 1 fully saturated rings. The van der Waals surface area contributed by atoms with Crippen LogP contribution >= 0.6 is 0 Å². The maximum Gasteiger partial charge on any atom is 0.321 e. The first-order valence-corrected chi connectivity index (χ1v) is 5.94. The van der Waals surface area contributed by atoms with Crippen LogP contribution < -0.4 is 10.6 Å². The van der Waals surface area contributed by atoms with Crippen LogP contribution in [0.2, 0.25) is 0 Å². The molecule has 104 valence electrons. The molecule has 1 unspecified atom stereocenters. The van der Waals surface area contributed by atoms with E-state index in [0.717, 1.165) is 0 Å². The summed E-state index contributed by atoms with van der Waals surface area (Å²) in [6.07, 6.45) is 0.639. The van der Waals surface area contributed by atoms with Crippen LogP contribution in [0.3, 0.4) is 0 Å². The van der Waals surface area contributed by atoms with Gasteiger partial charge in [-0.05, 0) is 13.3 Å². The minimum atomic E-state index is -0.735. The van der Waals surface area contributed by atoms with Crippen molar-refractivity contribution in [2.45, 2.75) is 18.9 Å². The number of imide groups is 1. The molecule has 18 heavy (non-hydrogen) atoms. The molecule has 0 radical (unpaired) electrons. The Labute approximate surface area is 106 Å². The number of hydrogen-bond acceptors (Lipinski definition) is 5. The van der Waals surface area contributed by atoms with Gasteiger partial charge < -0.3 is 15.2 Å². The van der Waals surface area contributed by atoms with Crippen molar-refractivity contribution >= 4 is 11.9 Å². The zero-order chi connectivity index (χ0) is 13.6. The summed E-state index contributed by atoms with van der Waals surface area (Å²) in [6.45, 7) is 3.72. The second kappa shape index (κ2) is 6.67. The molecule has 3 N–H and O–H groups in total. The standard InChI is InChI=1S/C11H21N3O4/c1-11(17)3-5-14(8-11)7-9(15)13-10(16)12-4-6-18-2/h17H,3-8H2,1-2H3,(H2,12,13,15,16). The first-order chi connectivity index (χ1) is 8.43. The van der Waals surface area contributed by atoms with Gasteiger partial charge in [0, 0.05) is 26.7 Å². The minimum absolute atomic E-state index is 0.119. The maximum absolute atomic E-state index is 11.5. The molecule has 0 spiro atoms. The van der Waals surface area contributed by atoms with Gasteiger partial charge in [0.25, 0.3) is 0 Å². The number of aliphatic hydroxyl groups is 1. The normalized spacial score (nSPS) is 23.9. The van der Waals surface area contributed by atoms with Gasteiger partial charge in [-0.3, -0.25) is 15.0 Å². The average Bonchev–Trinajstić information content (AvgIpc) is 2.58. The van der Waals surface area contributed by atoms with Crippen molar-refractivity contribution in [2.24, 2.45) is 0 Å².